The molecule has 0 radical (unpaired) electrons. The van der Waals surface area contributed by atoms with Crippen LogP contribution in [-0.2, 0) is 14.4 Å². The molecule has 2 N–H and O–H groups in total. The number of amides is 3. The van der Waals surface area contributed by atoms with Crippen LogP contribution in [0.3, 0.4) is 0 Å². The van der Waals surface area contributed by atoms with E-state index in [0.29, 0.717) is 6.07 Å². The van der Waals surface area contributed by atoms with E-state index in [2.05, 4.69) is 10.3 Å². The van der Waals surface area contributed by atoms with E-state index in [4.69, 9.17) is 11.6 Å². The fourth-order valence-corrected chi connectivity index (χ4v) is 6.11. The van der Waals surface area contributed by atoms with Crippen LogP contribution in [0.2, 0.25) is 5.02 Å². The molecule has 5 rings (SSSR count). The molecule has 3 aromatic rings. The SMILES string of the molecule is N#Cc1ccnc(N2C(=O)[C@H](O)C[C@H]2CC(=O)N(c2cc(F)cc(F)c2)[C@H](C(=O)NC2CCC(F)(F)CC2)c2ccccc2Cl)c1. The van der Waals surface area contributed by atoms with Gasteiger partial charge in [-0.05, 0) is 43.2 Å². The highest BCUT2D eigenvalue weighted by Gasteiger charge is 2.44. The largest absolute Gasteiger partial charge is 0.383 e. The molecule has 0 bridgehead atoms. The highest BCUT2D eigenvalue weighted by atomic mass is 35.5. The summed E-state index contributed by atoms with van der Waals surface area (Å²) in [4.78, 5) is 47.4. The van der Waals surface area contributed by atoms with Crippen LogP contribution < -0.4 is 15.1 Å². The van der Waals surface area contributed by atoms with Gasteiger partial charge in [0.1, 0.15) is 29.6 Å². The Kier molecular flexibility index (Phi) is 9.60. The van der Waals surface area contributed by atoms with E-state index in [1.165, 1.54) is 30.5 Å². The first-order valence-electron chi connectivity index (χ1n) is 14.4. The summed E-state index contributed by atoms with van der Waals surface area (Å²) in [5.74, 6) is -7.47. The molecular formula is C32H28ClF4N5O4. The fourth-order valence-electron chi connectivity index (χ4n) is 5.87. The van der Waals surface area contributed by atoms with Crippen LogP contribution in [0.15, 0.2) is 60.8 Å². The van der Waals surface area contributed by atoms with Gasteiger partial charge in [0.25, 0.3) is 5.91 Å². The maximum absolute atomic E-state index is 14.6. The molecule has 1 aliphatic heterocycles. The molecule has 1 saturated carbocycles. The van der Waals surface area contributed by atoms with Gasteiger partial charge in [-0.2, -0.15) is 5.26 Å². The lowest BCUT2D eigenvalue weighted by atomic mass is 9.91. The van der Waals surface area contributed by atoms with Crippen molar-refractivity contribution in [2.45, 2.75) is 68.7 Å². The van der Waals surface area contributed by atoms with Crippen LogP contribution in [0.1, 0.15) is 55.7 Å². The Morgan fingerprint density at radius 3 is 2.46 bits per heavy atom. The number of aliphatic hydroxyl groups excluding tert-OH is 1. The van der Waals surface area contributed by atoms with E-state index in [0.717, 1.165) is 21.9 Å². The summed E-state index contributed by atoms with van der Waals surface area (Å²) in [7, 11) is 0. The molecule has 14 heteroatoms. The maximum atomic E-state index is 14.6. The van der Waals surface area contributed by atoms with Gasteiger partial charge in [-0.25, -0.2) is 22.5 Å². The summed E-state index contributed by atoms with van der Waals surface area (Å²) in [5.41, 5.74) is -0.0977. The normalized spacial score (nSPS) is 20.2. The van der Waals surface area contributed by atoms with Crippen molar-refractivity contribution in [1.29, 1.82) is 5.26 Å². The molecule has 1 aromatic heterocycles. The van der Waals surface area contributed by atoms with Gasteiger partial charge in [0.15, 0.2) is 0 Å². The van der Waals surface area contributed by atoms with Crippen LogP contribution in [-0.4, -0.2) is 51.9 Å². The van der Waals surface area contributed by atoms with Gasteiger partial charge in [-0.15, -0.1) is 0 Å². The topological polar surface area (TPSA) is 127 Å². The van der Waals surface area contributed by atoms with Crippen LogP contribution in [0.5, 0.6) is 0 Å². The number of benzene rings is 2. The highest BCUT2D eigenvalue weighted by molar-refractivity contribution is 6.31. The van der Waals surface area contributed by atoms with E-state index in [1.54, 1.807) is 12.1 Å². The minimum Gasteiger partial charge on any atom is -0.383 e. The van der Waals surface area contributed by atoms with Gasteiger partial charge in [0.05, 0.1) is 23.4 Å². The second-order valence-corrected chi connectivity index (χ2v) is 11.7. The molecule has 1 aliphatic carbocycles. The van der Waals surface area contributed by atoms with Crippen molar-refractivity contribution in [3.63, 3.8) is 0 Å². The molecule has 46 heavy (non-hydrogen) atoms. The third-order valence-corrected chi connectivity index (χ3v) is 8.42. The number of nitrogens with zero attached hydrogens (tertiary/aromatic N) is 4. The maximum Gasteiger partial charge on any atom is 0.257 e. The predicted molar refractivity (Wildman–Crippen MR) is 159 cm³/mol. The third kappa shape index (κ3) is 7.13. The number of pyridine rings is 1. The number of halogens is 5. The third-order valence-electron chi connectivity index (χ3n) is 8.08. The Morgan fingerprint density at radius 2 is 1.80 bits per heavy atom. The Morgan fingerprint density at radius 1 is 1.13 bits per heavy atom. The Labute approximate surface area is 266 Å². The fraction of sp³-hybridized carbons (Fsp3) is 0.344. The molecule has 2 aliphatic rings. The van der Waals surface area contributed by atoms with Crippen molar-refractivity contribution in [3.8, 4) is 6.07 Å². The molecular weight excluding hydrogens is 630 g/mol. The summed E-state index contributed by atoms with van der Waals surface area (Å²) in [6, 6.07) is 9.61. The Bertz CT molecular complexity index is 1670. The second-order valence-electron chi connectivity index (χ2n) is 11.3. The molecule has 0 spiro atoms. The minimum absolute atomic E-state index is 0.00347. The number of nitriles is 1. The lowest BCUT2D eigenvalue weighted by molar-refractivity contribution is -0.128. The quantitative estimate of drug-likeness (QED) is 0.321. The summed E-state index contributed by atoms with van der Waals surface area (Å²) in [6.45, 7) is 0. The Hall–Kier alpha value is -4.54. The first-order chi connectivity index (χ1) is 21.9. The molecule has 0 unspecified atom stereocenters. The molecule has 2 aromatic carbocycles. The summed E-state index contributed by atoms with van der Waals surface area (Å²) in [5, 5.41) is 22.5. The monoisotopic (exact) mass is 657 g/mol. The lowest BCUT2D eigenvalue weighted by Crippen LogP contribution is -2.49. The number of carbonyl (C=O) groups is 3. The van der Waals surface area contributed by atoms with Crippen LogP contribution in [0, 0.1) is 23.0 Å². The summed E-state index contributed by atoms with van der Waals surface area (Å²) < 4.78 is 56.9. The van der Waals surface area contributed by atoms with Gasteiger partial charge in [0.2, 0.25) is 17.7 Å². The molecule has 2 heterocycles. The van der Waals surface area contributed by atoms with Crippen molar-refractivity contribution in [2.24, 2.45) is 0 Å². The summed E-state index contributed by atoms with van der Waals surface area (Å²) in [6.07, 6.45) is -2.01. The van der Waals surface area contributed by atoms with Gasteiger partial charge >= 0.3 is 0 Å². The van der Waals surface area contributed by atoms with Gasteiger partial charge in [0, 0.05) is 54.6 Å². The second kappa shape index (κ2) is 13.4. The van der Waals surface area contributed by atoms with Gasteiger partial charge in [-0.1, -0.05) is 29.8 Å². The van der Waals surface area contributed by atoms with Crippen LogP contribution >= 0.6 is 11.6 Å². The minimum atomic E-state index is -2.87. The van der Waals surface area contributed by atoms with E-state index in [9.17, 15) is 42.3 Å². The van der Waals surface area contributed by atoms with E-state index in [-0.39, 0.29) is 46.9 Å². The Balaban J connectivity index is 1.56. The van der Waals surface area contributed by atoms with Crippen LogP contribution in [0.4, 0.5) is 29.1 Å². The lowest BCUT2D eigenvalue weighted by Gasteiger charge is -2.35. The smallest absolute Gasteiger partial charge is 0.257 e. The number of hydrogen-bond acceptors (Lipinski definition) is 6. The number of alkyl halides is 2. The van der Waals surface area contributed by atoms with Crippen LogP contribution in [0.25, 0.3) is 0 Å². The average molecular weight is 658 g/mol. The molecule has 3 atom stereocenters. The summed E-state index contributed by atoms with van der Waals surface area (Å²) >= 11 is 6.50. The zero-order valence-corrected chi connectivity index (χ0v) is 24.9. The molecule has 9 nitrogen and oxygen atoms in total. The molecule has 240 valence electrons. The number of anilines is 2. The first kappa shape index (κ1) is 32.8. The zero-order valence-electron chi connectivity index (χ0n) is 24.2. The first-order valence-corrected chi connectivity index (χ1v) is 14.8. The number of rotatable bonds is 8. The van der Waals surface area contributed by atoms with E-state index < -0.39 is 78.8 Å². The van der Waals surface area contributed by atoms with Crippen molar-refractivity contribution in [3.05, 3.63) is 88.6 Å². The van der Waals surface area contributed by atoms with Crippen molar-refractivity contribution >= 4 is 40.8 Å². The molecule has 1 saturated heterocycles. The molecule has 2 fully saturated rings. The van der Waals surface area contributed by atoms with Gasteiger partial charge in [-0.3, -0.25) is 24.2 Å². The zero-order chi connectivity index (χ0) is 33.2. The van der Waals surface area contributed by atoms with E-state index >= 15 is 0 Å². The van der Waals surface area contributed by atoms with Gasteiger partial charge < -0.3 is 10.4 Å². The van der Waals surface area contributed by atoms with E-state index in [1.807, 2.05) is 6.07 Å². The standard InChI is InChI=1S/C32H28ClF4N5O4/c33-25-4-2-1-3-24(25)29(30(45)40-21-5-8-32(36,37)9-6-21)42(22-13-19(34)12-20(35)14-22)28(44)16-23-15-26(43)31(46)41(23)27-11-18(17-38)7-10-39-27/h1-4,7,10-14,21,23,26,29,43H,5-6,8-9,15-16H2,(H,40,45)/t23-,26+,29-/m0/s1. The number of aromatic nitrogens is 1. The average Bonchev–Trinajstić information content (AvgIpc) is 3.28. The molecule has 3 amide bonds. The number of carbonyl (C=O) groups excluding carboxylic acids is 3. The number of hydrogen-bond donors (Lipinski definition) is 2. The number of nitrogens with one attached hydrogen (secondary N) is 1. The van der Waals surface area contributed by atoms with Crippen molar-refractivity contribution in [2.75, 3.05) is 9.80 Å². The number of aliphatic hydroxyl groups is 1. The highest BCUT2D eigenvalue weighted by Crippen LogP contribution is 2.37. The van der Waals surface area contributed by atoms with Crippen molar-refractivity contribution in [1.82, 2.24) is 10.3 Å². The predicted octanol–water partition coefficient (Wildman–Crippen LogP) is 5.21. The van der Waals surface area contributed by atoms with Crippen molar-refractivity contribution < 1.29 is 37.1 Å².